The van der Waals surface area contributed by atoms with E-state index in [9.17, 15) is 14.9 Å². The molecule has 0 bridgehead atoms. The third-order valence-electron chi connectivity index (χ3n) is 4.20. The second-order valence-electron chi connectivity index (χ2n) is 6.29. The van der Waals surface area contributed by atoms with Crippen molar-refractivity contribution in [2.75, 3.05) is 12.4 Å². The number of esters is 1. The first-order valence-corrected chi connectivity index (χ1v) is 9.52. The highest BCUT2D eigenvalue weighted by Gasteiger charge is 2.13. The Kier molecular flexibility index (Phi) is 7.05. The van der Waals surface area contributed by atoms with Gasteiger partial charge in [0, 0.05) is 5.02 Å². The van der Waals surface area contributed by atoms with Crippen LogP contribution < -0.4 is 14.8 Å². The van der Waals surface area contributed by atoms with Crippen LogP contribution in [0.4, 0.5) is 5.69 Å². The Morgan fingerprint density at radius 1 is 1.00 bits per heavy atom. The van der Waals surface area contributed by atoms with Gasteiger partial charge in [0.1, 0.15) is 23.1 Å². The van der Waals surface area contributed by atoms with E-state index in [2.05, 4.69) is 5.32 Å². The Morgan fingerprint density at radius 2 is 1.68 bits per heavy atom. The molecule has 7 heteroatoms. The summed E-state index contributed by atoms with van der Waals surface area (Å²) in [6.07, 6.45) is 1.44. The third kappa shape index (κ3) is 5.72. The normalized spacial score (nSPS) is 10.7. The van der Waals surface area contributed by atoms with E-state index >= 15 is 0 Å². The van der Waals surface area contributed by atoms with Gasteiger partial charge in [-0.3, -0.25) is 4.79 Å². The van der Waals surface area contributed by atoms with Gasteiger partial charge in [0.15, 0.2) is 0 Å². The van der Waals surface area contributed by atoms with Crippen molar-refractivity contribution in [2.45, 2.75) is 0 Å². The van der Waals surface area contributed by atoms with Crippen molar-refractivity contribution in [1.82, 2.24) is 0 Å². The van der Waals surface area contributed by atoms with Crippen molar-refractivity contribution < 1.29 is 19.1 Å². The molecule has 3 rings (SSSR count). The van der Waals surface area contributed by atoms with Crippen LogP contribution in [0.25, 0.3) is 6.08 Å². The number of hydrogen-bond donors (Lipinski definition) is 1. The average Bonchev–Trinajstić information content (AvgIpc) is 2.79. The highest BCUT2D eigenvalue weighted by Crippen LogP contribution is 2.24. The van der Waals surface area contributed by atoms with Gasteiger partial charge in [-0.05, 0) is 60.2 Å². The number of nitriles is 1. The number of rotatable bonds is 6. The fourth-order valence-corrected chi connectivity index (χ4v) is 2.76. The molecule has 6 nitrogen and oxygen atoms in total. The number of ether oxygens (including phenoxy) is 2. The zero-order chi connectivity index (χ0) is 22.2. The van der Waals surface area contributed by atoms with Crippen LogP contribution in [-0.2, 0) is 4.79 Å². The summed E-state index contributed by atoms with van der Waals surface area (Å²) in [6.45, 7) is 0. The summed E-state index contributed by atoms with van der Waals surface area (Å²) in [7, 11) is 1.49. The minimum absolute atomic E-state index is 0.0863. The molecule has 0 saturated carbocycles. The fourth-order valence-electron chi connectivity index (χ4n) is 2.64. The van der Waals surface area contributed by atoms with Gasteiger partial charge in [0.25, 0.3) is 5.91 Å². The number of nitrogens with one attached hydrogen (secondary N) is 1. The number of benzene rings is 3. The van der Waals surface area contributed by atoms with E-state index in [1.807, 2.05) is 6.07 Å². The number of carbonyl (C=O) groups excluding carboxylic acids is 2. The van der Waals surface area contributed by atoms with Crippen molar-refractivity contribution in [3.8, 4) is 17.6 Å². The molecule has 0 aliphatic heterocycles. The molecule has 0 spiro atoms. The van der Waals surface area contributed by atoms with Crippen LogP contribution in [0.2, 0.25) is 5.02 Å². The Hall–Kier alpha value is -4.08. The summed E-state index contributed by atoms with van der Waals surface area (Å²) in [6, 6.07) is 21.6. The summed E-state index contributed by atoms with van der Waals surface area (Å²) >= 11 is 5.81. The molecule has 31 heavy (non-hydrogen) atoms. The molecule has 0 fully saturated rings. The molecule has 0 unspecified atom stereocenters. The molecule has 3 aromatic carbocycles. The van der Waals surface area contributed by atoms with Gasteiger partial charge in [-0.15, -0.1) is 0 Å². The van der Waals surface area contributed by atoms with Gasteiger partial charge in [0.05, 0.1) is 18.4 Å². The van der Waals surface area contributed by atoms with Gasteiger partial charge in [0.2, 0.25) is 0 Å². The van der Waals surface area contributed by atoms with E-state index in [4.69, 9.17) is 21.1 Å². The van der Waals surface area contributed by atoms with Gasteiger partial charge >= 0.3 is 5.97 Å². The van der Waals surface area contributed by atoms with Gasteiger partial charge < -0.3 is 14.8 Å². The van der Waals surface area contributed by atoms with Crippen molar-refractivity contribution in [3.05, 3.63) is 94.5 Å². The lowest BCUT2D eigenvalue weighted by Gasteiger charge is -2.09. The number of carbonyl (C=O) groups is 2. The first-order valence-electron chi connectivity index (χ1n) is 9.14. The van der Waals surface area contributed by atoms with Gasteiger partial charge in [-0.2, -0.15) is 5.26 Å². The zero-order valence-electron chi connectivity index (χ0n) is 16.5. The van der Waals surface area contributed by atoms with E-state index in [0.717, 1.165) is 0 Å². The quantitative estimate of drug-likeness (QED) is 0.253. The van der Waals surface area contributed by atoms with Crippen molar-refractivity contribution in [2.24, 2.45) is 0 Å². The SMILES string of the molecule is COc1ccccc1NC(=O)/C(C#N)=C/c1ccc(OC(=O)c2ccc(Cl)cc2)cc1. The van der Waals surface area contributed by atoms with Crippen LogP contribution in [0.3, 0.4) is 0 Å². The molecule has 0 atom stereocenters. The minimum Gasteiger partial charge on any atom is -0.495 e. The van der Waals surface area contributed by atoms with Gasteiger partial charge in [-0.25, -0.2) is 4.79 Å². The van der Waals surface area contributed by atoms with Crippen LogP contribution in [0.5, 0.6) is 11.5 Å². The molecular weight excluding hydrogens is 416 g/mol. The number of halogens is 1. The molecule has 0 radical (unpaired) electrons. The first kappa shape index (κ1) is 21.6. The van der Waals surface area contributed by atoms with Crippen molar-refractivity contribution in [3.63, 3.8) is 0 Å². The summed E-state index contributed by atoms with van der Waals surface area (Å²) in [5.41, 5.74) is 1.34. The van der Waals surface area contributed by atoms with Crippen LogP contribution in [0.15, 0.2) is 78.4 Å². The van der Waals surface area contributed by atoms with E-state index in [1.165, 1.54) is 13.2 Å². The van der Waals surface area contributed by atoms with E-state index in [0.29, 0.717) is 33.3 Å². The van der Waals surface area contributed by atoms with Crippen LogP contribution >= 0.6 is 11.6 Å². The number of para-hydroxylation sites is 2. The van der Waals surface area contributed by atoms with Crippen LogP contribution in [-0.4, -0.2) is 19.0 Å². The summed E-state index contributed by atoms with van der Waals surface area (Å²) in [5.74, 6) is -0.270. The number of nitrogens with zero attached hydrogens (tertiary/aromatic N) is 1. The fraction of sp³-hybridized carbons (Fsp3) is 0.0417. The average molecular weight is 433 g/mol. The second-order valence-corrected chi connectivity index (χ2v) is 6.73. The molecule has 0 heterocycles. The molecule has 0 aliphatic carbocycles. The predicted molar refractivity (Wildman–Crippen MR) is 118 cm³/mol. The smallest absolute Gasteiger partial charge is 0.343 e. The largest absolute Gasteiger partial charge is 0.495 e. The number of hydrogen-bond acceptors (Lipinski definition) is 5. The minimum atomic E-state index is -0.565. The number of methoxy groups -OCH3 is 1. The highest BCUT2D eigenvalue weighted by atomic mass is 35.5. The Morgan fingerprint density at radius 3 is 2.32 bits per heavy atom. The molecular formula is C24H17ClN2O4. The van der Waals surface area contributed by atoms with Gasteiger partial charge in [-0.1, -0.05) is 35.9 Å². The topological polar surface area (TPSA) is 88.4 Å². The van der Waals surface area contributed by atoms with E-state index in [1.54, 1.807) is 72.8 Å². The molecule has 154 valence electrons. The Labute approximate surface area is 184 Å². The van der Waals surface area contributed by atoms with Crippen molar-refractivity contribution >= 4 is 35.2 Å². The second kappa shape index (κ2) is 10.1. The first-order chi connectivity index (χ1) is 15.0. The summed E-state index contributed by atoms with van der Waals surface area (Å²) in [4.78, 5) is 24.6. The maximum atomic E-state index is 12.5. The van der Waals surface area contributed by atoms with E-state index in [-0.39, 0.29) is 5.57 Å². The highest BCUT2D eigenvalue weighted by molar-refractivity contribution is 6.30. The molecule has 3 aromatic rings. The lowest BCUT2D eigenvalue weighted by Crippen LogP contribution is -2.14. The maximum absolute atomic E-state index is 12.5. The Bertz CT molecular complexity index is 1160. The monoisotopic (exact) mass is 432 g/mol. The Balaban J connectivity index is 1.70. The summed E-state index contributed by atoms with van der Waals surface area (Å²) in [5, 5.41) is 12.6. The van der Waals surface area contributed by atoms with Crippen LogP contribution in [0.1, 0.15) is 15.9 Å². The van der Waals surface area contributed by atoms with E-state index < -0.39 is 11.9 Å². The number of anilines is 1. The summed E-state index contributed by atoms with van der Waals surface area (Å²) < 4.78 is 10.5. The molecule has 0 saturated heterocycles. The third-order valence-corrected chi connectivity index (χ3v) is 4.45. The molecule has 0 aromatic heterocycles. The standard InChI is InChI=1S/C24H17ClN2O4/c1-30-22-5-3-2-4-21(22)27-23(28)18(15-26)14-16-6-12-20(13-7-16)31-24(29)17-8-10-19(25)11-9-17/h2-14H,1H3,(H,27,28)/b18-14+. The lowest BCUT2D eigenvalue weighted by atomic mass is 10.1. The molecule has 0 aliphatic rings. The zero-order valence-corrected chi connectivity index (χ0v) is 17.2. The van der Waals surface area contributed by atoms with Crippen LogP contribution in [0, 0.1) is 11.3 Å². The predicted octanol–water partition coefficient (Wildman–Crippen LogP) is 5.11. The maximum Gasteiger partial charge on any atom is 0.343 e. The molecule has 1 N–H and O–H groups in total. The number of amides is 1. The lowest BCUT2D eigenvalue weighted by molar-refractivity contribution is -0.112. The molecule has 1 amide bonds. The van der Waals surface area contributed by atoms with Crippen molar-refractivity contribution in [1.29, 1.82) is 5.26 Å².